The largest absolute Gasteiger partial charge is 0.467 e. The van der Waals surface area contributed by atoms with E-state index in [-0.39, 0.29) is 54.5 Å². The van der Waals surface area contributed by atoms with Crippen LogP contribution in [0.1, 0.15) is 38.0 Å². The van der Waals surface area contributed by atoms with E-state index in [0.717, 1.165) is 4.90 Å². The van der Waals surface area contributed by atoms with Crippen LogP contribution in [0.5, 0.6) is 0 Å². The third kappa shape index (κ3) is 4.59. The van der Waals surface area contributed by atoms with Gasteiger partial charge in [-0.2, -0.15) is 0 Å². The molecule has 3 aliphatic rings. The molecule has 3 atom stereocenters. The van der Waals surface area contributed by atoms with Gasteiger partial charge >= 0.3 is 18.0 Å². The number of nitrogens with zero attached hydrogens (tertiary/aromatic N) is 1. The molecule has 11 heteroatoms. The van der Waals surface area contributed by atoms with Crippen LogP contribution < -0.4 is 10.6 Å². The summed E-state index contributed by atoms with van der Waals surface area (Å²) in [7, 11) is 0. The Morgan fingerprint density at radius 2 is 1.82 bits per heavy atom. The first kappa shape index (κ1) is 23.3. The highest BCUT2D eigenvalue weighted by molar-refractivity contribution is 6.05. The maximum atomic E-state index is 12.6. The lowest BCUT2D eigenvalue weighted by Crippen LogP contribution is -2.47. The van der Waals surface area contributed by atoms with Gasteiger partial charge in [0.25, 0.3) is 0 Å². The van der Waals surface area contributed by atoms with E-state index in [1.165, 1.54) is 6.26 Å². The summed E-state index contributed by atoms with van der Waals surface area (Å²) in [6.45, 7) is 1.25. The molecule has 1 aromatic heterocycles. The Balaban J connectivity index is 1.42. The molecule has 0 saturated carbocycles. The Labute approximate surface area is 195 Å². The molecule has 0 spiro atoms. The number of fused-ring (bicyclic) bond motifs is 1. The first-order valence-electron chi connectivity index (χ1n) is 11.1. The molecule has 1 aliphatic carbocycles. The number of ether oxygens (including phenoxy) is 2. The van der Waals surface area contributed by atoms with Crippen molar-refractivity contribution in [1.82, 2.24) is 15.5 Å². The predicted molar refractivity (Wildman–Crippen MR) is 114 cm³/mol. The van der Waals surface area contributed by atoms with Gasteiger partial charge in [-0.25, -0.2) is 9.59 Å². The average molecular weight is 471 g/mol. The number of hydrogen-bond acceptors (Lipinski definition) is 8. The van der Waals surface area contributed by atoms with Gasteiger partial charge in [-0.1, -0.05) is 12.2 Å². The average Bonchev–Trinajstić information content (AvgIpc) is 3.44. The number of rotatable bonds is 8. The number of allylic oxidation sites excluding steroid dienone is 2. The number of likely N-dealkylation sites (tertiary alicyclic amines) is 1. The highest BCUT2D eigenvalue weighted by Crippen LogP contribution is 2.35. The van der Waals surface area contributed by atoms with Crippen molar-refractivity contribution >= 4 is 29.8 Å². The van der Waals surface area contributed by atoms with Crippen molar-refractivity contribution in [1.29, 1.82) is 0 Å². The van der Waals surface area contributed by atoms with Crippen molar-refractivity contribution in [3.05, 3.63) is 47.6 Å². The van der Waals surface area contributed by atoms with Crippen LogP contribution in [0.3, 0.4) is 0 Å². The number of hydrogen-bond donors (Lipinski definition) is 2. The molecule has 2 N–H and O–H groups in total. The van der Waals surface area contributed by atoms with E-state index in [4.69, 9.17) is 13.9 Å². The molecule has 3 heterocycles. The Kier molecular flexibility index (Phi) is 6.80. The van der Waals surface area contributed by atoms with E-state index in [0.29, 0.717) is 18.6 Å². The van der Waals surface area contributed by atoms with Crippen LogP contribution in [0.25, 0.3) is 0 Å². The van der Waals surface area contributed by atoms with Crippen LogP contribution in [-0.2, 0) is 28.7 Å². The fraction of sp³-hybridized carbons (Fsp3) is 0.435. The van der Waals surface area contributed by atoms with Crippen LogP contribution in [0.15, 0.2) is 46.2 Å². The van der Waals surface area contributed by atoms with Crippen molar-refractivity contribution in [3.63, 3.8) is 0 Å². The summed E-state index contributed by atoms with van der Waals surface area (Å²) in [5, 5.41) is 5.07. The van der Waals surface area contributed by atoms with Gasteiger partial charge in [0.2, 0.25) is 11.8 Å². The van der Waals surface area contributed by atoms with Gasteiger partial charge in [-0.3, -0.25) is 19.3 Å². The molecule has 1 aromatic rings. The second-order valence-corrected chi connectivity index (χ2v) is 8.05. The van der Waals surface area contributed by atoms with Gasteiger partial charge in [0.05, 0.1) is 42.4 Å². The molecule has 180 valence electrons. The highest BCUT2D eigenvalue weighted by atomic mass is 16.5. The Bertz CT molecular complexity index is 1030. The SMILES string of the molecule is CCOC(=O)C1=C(COC(=O)CCN2C(=O)[C@H]3CC=CC[C@H]3C2=O)NC(=O)N[C@@H]1c1ccco1. The van der Waals surface area contributed by atoms with Gasteiger partial charge < -0.3 is 24.5 Å². The maximum absolute atomic E-state index is 12.6. The van der Waals surface area contributed by atoms with E-state index in [1.54, 1.807) is 19.1 Å². The maximum Gasteiger partial charge on any atom is 0.338 e. The van der Waals surface area contributed by atoms with E-state index >= 15 is 0 Å². The third-order valence-corrected chi connectivity index (χ3v) is 5.99. The molecular formula is C23H25N3O8. The summed E-state index contributed by atoms with van der Waals surface area (Å²) < 4.78 is 15.7. The zero-order valence-corrected chi connectivity index (χ0v) is 18.6. The molecule has 0 bridgehead atoms. The fourth-order valence-electron chi connectivity index (χ4n) is 4.37. The molecule has 2 aliphatic heterocycles. The Morgan fingerprint density at radius 1 is 1.12 bits per heavy atom. The number of furan rings is 1. The normalized spacial score (nSPS) is 24.0. The van der Waals surface area contributed by atoms with E-state index < -0.39 is 30.6 Å². The van der Waals surface area contributed by atoms with Crippen molar-refractivity contribution in [2.45, 2.75) is 32.2 Å². The summed E-state index contributed by atoms with van der Waals surface area (Å²) in [6.07, 6.45) is 6.01. The fourth-order valence-corrected chi connectivity index (χ4v) is 4.37. The van der Waals surface area contributed by atoms with Crippen molar-refractivity contribution in [3.8, 4) is 0 Å². The summed E-state index contributed by atoms with van der Waals surface area (Å²) in [4.78, 5) is 63.4. The summed E-state index contributed by atoms with van der Waals surface area (Å²) in [6, 6.07) is 1.67. The van der Waals surface area contributed by atoms with Crippen LogP contribution in [0, 0.1) is 11.8 Å². The molecule has 0 aromatic carbocycles. The molecule has 4 rings (SSSR count). The predicted octanol–water partition coefficient (Wildman–Crippen LogP) is 1.34. The molecule has 0 radical (unpaired) electrons. The summed E-state index contributed by atoms with van der Waals surface area (Å²) in [5.74, 6) is -2.36. The van der Waals surface area contributed by atoms with Gasteiger partial charge in [0.1, 0.15) is 18.4 Å². The number of carbonyl (C=O) groups excluding carboxylic acids is 5. The van der Waals surface area contributed by atoms with Crippen LogP contribution in [0.2, 0.25) is 0 Å². The van der Waals surface area contributed by atoms with Crippen molar-refractivity contribution < 1.29 is 37.9 Å². The topological polar surface area (TPSA) is 144 Å². The van der Waals surface area contributed by atoms with Crippen LogP contribution >= 0.6 is 0 Å². The van der Waals surface area contributed by atoms with Crippen LogP contribution in [0.4, 0.5) is 4.79 Å². The molecular weight excluding hydrogens is 446 g/mol. The number of amides is 4. The Morgan fingerprint density at radius 3 is 2.44 bits per heavy atom. The molecule has 4 amide bonds. The Hall–Kier alpha value is -3.89. The number of esters is 2. The second kappa shape index (κ2) is 9.94. The molecule has 0 unspecified atom stereocenters. The highest BCUT2D eigenvalue weighted by Gasteiger charge is 2.47. The van der Waals surface area contributed by atoms with Gasteiger partial charge in [0, 0.05) is 6.54 Å². The number of nitrogens with one attached hydrogen (secondary N) is 2. The lowest BCUT2D eigenvalue weighted by molar-refractivity contribution is -0.146. The first-order valence-corrected chi connectivity index (χ1v) is 11.1. The number of imide groups is 1. The number of urea groups is 1. The second-order valence-electron chi connectivity index (χ2n) is 8.05. The molecule has 34 heavy (non-hydrogen) atoms. The lowest BCUT2D eigenvalue weighted by atomic mass is 9.85. The van der Waals surface area contributed by atoms with Gasteiger partial charge in [-0.15, -0.1) is 0 Å². The van der Waals surface area contributed by atoms with Crippen LogP contribution in [-0.4, -0.2) is 54.4 Å². The van der Waals surface area contributed by atoms with Gasteiger partial charge in [-0.05, 0) is 31.9 Å². The smallest absolute Gasteiger partial charge is 0.338 e. The van der Waals surface area contributed by atoms with Crippen molar-refractivity contribution in [2.75, 3.05) is 19.8 Å². The van der Waals surface area contributed by atoms with E-state index in [1.807, 2.05) is 12.2 Å². The minimum absolute atomic E-state index is 0.0469. The summed E-state index contributed by atoms with van der Waals surface area (Å²) >= 11 is 0. The summed E-state index contributed by atoms with van der Waals surface area (Å²) in [5.41, 5.74) is 0.105. The minimum atomic E-state index is -0.923. The van der Waals surface area contributed by atoms with E-state index in [2.05, 4.69) is 10.6 Å². The number of carbonyl (C=O) groups is 5. The molecule has 1 saturated heterocycles. The lowest BCUT2D eigenvalue weighted by Gasteiger charge is -2.27. The molecule has 11 nitrogen and oxygen atoms in total. The zero-order valence-electron chi connectivity index (χ0n) is 18.6. The third-order valence-electron chi connectivity index (χ3n) is 5.99. The zero-order chi connectivity index (χ0) is 24.2. The van der Waals surface area contributed by atoms with E-state index in [9.17, 15) is 24.0 Å². The standard InChI is InChI=1S/C23H25N3O8/c1-2-32-22(30)18-15(24-23(31)25-19(18)16-8-5-11-33-16)12-34-17(27)9-10-26-20(28)13-6-3-4-7-14(13)21(26)29/h3-5,8,11,13-14,19H,2,6-7,9-10,12H2,1H3,(H2,24,25,31)/t13-,14+,19-/m1/s1. The first-order chi connectivity index (χ1) is 16.4. The van der Waals surface area contributed by atoms with Gasteiger partial charge in [0.15, 0.2) is 0 Å². The quantitative estimate of drug-likeness (QED) is 0.328. The van der Waals surface area contributed by atoms with Crippen molar-refractivity contribution in [2.24, 2.45) is 11.8 Å². The monoisotopic (exact) mass is 471 g/mol. The minimum Gasteiger partial charge on any atom is -0.467 e. The molecule has 1 fully saturated rings.